The molecule has 3 heterocycles. The van der Waals surface area contributed by atoms with E-state index < -0.39 is 12.3 Å². The molecule has 0 bridgehead atoms. The zero-order chi connectivity index (χ0) is 28.3. The highest BCUT2D eigenvalue weighted by atomic mass is 79.9. The molecule has 0 fully saturated rings. The van der Waals surface area contributed by atoms with E-state index in [1.165, 1.54) is 21.3 Å². The van der Waals surface area contributed by atoms with Crippen molar-refractivity contribution in [2.24, 2.45) is 0 Å². The van der Waals surface area contributed by atoms with Gasteiger partial charge in [0, 0.05) is 33.3 Å². The smallest absolute Gasteiger partial charge is 0.431 e. The average Bonchev–Trinajstić information content (AvgIpc) is 3.30. The van der Waals surface area contributed by atoms with E-state index in [1.54, 1.807) is 42.0 Å². The van der Waals surface area contributed by atoms with Gasteiger partial charge in [-0.15, -0.1) is 0 Å². The van der Waals surface area contributed by atoms with E-state index in [0.29, 0.717) is 63.9 Å². The fourth-order valence-corrected chi connectivity index (χ4v) is 6.11. The molecule has 208 valence electrons. The molecule has 3 aromatic carbocycles. The number of rotatable bonds is 5. The molecule has 4 aromatic rings. The third kappa shape index (κ3) is 3.99. The van der Waals surface area contributed by atoms with Crippen molar-refractivity contribution in [3.63, 3.8) is 0 Å². The van der Waals surface area contributed by atoms with E-state index >= 15 is 0 Å². The molecule has 10 heteroatoms. The Balaban J connectivity index is 1.77. The molecular weight excluding hydrogens is 591 g/mol. The number of ether oxygens (including phenoxy) is 5. The monoisotopic (exact) mass is 615 g/mol. The van der Waals surface area contributed by atoms with E-state index in [9.17, 15) is 13.2 Å². The van der Waals surface area contributed by atoms with Gasteiger partial charge in [0.1, 0.15) is 5.75 Å². The molecule has 1 atom stereocenters. The molecule has 40 heavy (non-hydrogen) atoms. The van der Waals surface area contributed by atoms with Gasteiger partial charge in [-0.25, -0.2) is 0 Å². The molecule has 0 radical (unpaired) electrons. The van der Waals surface area contributed by atoms with Crippen molar-refractivity contribution in [1.82, 2.24) is 4.57 Å². The van der Waals surface area contributed by atoms with Crippen molar-refractivity contribution in [2.45, 2.75) is 25.2 Å². The minimum Gasteiger partial charge on any atom is -0.493 e. The topological polar surface area (TPSA) is 51.1 Å². The first-order valence-corrected chi connectivity index (χ1v) is 13.3. The first-order valence-electron chi connectivity index (χ1n) is 12.5. The highest BCUT2D eigenvalue weighted by molar-refractivity contribution is 9.10. The number of hydrogen-bond acceptors (Lipinski definition) is 5. The highest BCUT2D eigenvalue weighted by Gasteiger charge is 2.50. The minimum atomic E-state index is -4.65. The lowest BCUT2D eigenvalue weighted by Crippen LogP contribution is -2.31. The number of hydrogen-bond donors (Lipinski definition) is 0. The summed E-state index contributed by atoms with van der Waals surface area (Å²) < 4.78 is 74.4. The van der Waals surface area contributed by atoms with Crippen LogP contribution in [0.5, 0.6) is 28.7 Å². The number of aromatic nitrogens is 1. The van der Waals surface area contributed by atoms with Gasteiger partial charge in [0.2, 0.25) is 6.10 Å². The third-order valence-electron chi connectivity index (χ3n) is 7.45. The highest BCUT2D eigenvalue weighted by Crippen LogP contribution is 2.58. The summed E-state index contributed by atoms with van der Waals surface area (Å²) in [6, 6.07) is 14.2. The van der Waals surface area contributed by atoms with Crippen molar-refractivity contribution in [3.8, 4) is 62.3 Å². The molecule has 2 aliphatic rings. The van der Waals surface area contributed by atoms with Gasteiger partial charge in [-0.2, -0.15) is 13.2 Å². The van der Waals surface area contributed by atoms with Crippen LogP contribution in [-0.2, 0) is 13.0 Å². The summed E-state index contributed by atoms with van der Waals surface area (Å²) in [4.78, 5) is 0. The van der Waals surface area contributed by atoms with Crippen LogP contribution in [0.3, 0.4) is 0 Å². The van der Waals surface area contributed by atoms with Crippen LogP contribution in [0.1, 0.15) is 17.4 Å². The maximum absolute atomic E-state index is 14.7. The van der Waals surface area contributed by atoms with Crippen LogP contribution in [0.4, 0.5) is 13.2 Å². The Labute approximate surface area is 237 Å². The fourth-order valence-electron chi connectivity index (χ4n) is 5.75. The van der Waals surface area contributed by atoms with E-state index in [0.717, 1.165) is 15.6 Å². The van der Waals surface area contributed by atoms with Gasteiger partial charge in [0.15, 0.2) is 23.0 Å². The molecule has 2 aliphatic heterocycles. The number of fused-ring (bicyclic) bond motifs is 7. The lowest BCUT2D eigenvalue weighted by molar-refractivity contribution is -0.200. The van der Waals surface area contributed by atoms with Crippen LogP contribution in [0.2, 0.25) is 0 Å². The maximum atomic E-state index is 14.7. The number of aryl methyl sites for hydroxylation is 1. The molecule has 0 aliphatic carbocycles. The van der Waals surface area contributed by atoms with Gasteiger partial charge < -0.3 is 28.3 Å². The Morgan fingerprint density at radius 1 is 0.800 bits per heavy atom. The van der Waals surface area contributed by atoms with E-state index in [1.807, 2.05) is 18.2 Å². The maximum Gasteiger partial charge on any atom is 0.431 e. The fraction of sp³-hybridized carbons (Fsp3) is 0.267. The van der Waals surface area contributed by atoms with Crippen molar-refractivity contribution >= 4 is 15.9 Å². The van der Waals surface area contributed by atoms with E-state index in [4.69, 9.17) is 23.7 Å². The molecule has 6 nitrogen and oxygen atoms in total. The molecule has 0 saturated heterocycles. The van der Waals surface area contributed by atoms with Crippen molar-refractivity contribution in [2.75, 3.05) is 28.4 Å². The summed E-state index contributed by atoms with van der Waals surface area (Å²) in [6.07, 6.45) is -6.29. The predicted octanol–water partition coefficient (Wildman–Crippen LogP) is 7.84. The second-order valence-electron chi connectivity index (χ2n) is 9.50. The van der Waals surface area contributed by atoms with Crippen LogP contribution in [0.25, 0.3) is 33.5 Å². The van der Waals surface area contributed by atoms with Crippen LogP contribution in [0.15, 0.2) is 53.0 Å². The number of halogens is 4. The Morgan fingerprint density at radius 2 is 1.48 bits per heavy atom. The Bertz CT molecular complexity index is 1650. The SMILES string of the molecule is COc1ccc(-c2c3c(n4c2-c2cc(OC)c(OC)cc2CC4)C(C(F)(F)F)Oc2ccc(Br)cc2-3)cc1OC. The average molecular weight is 616 g/mol. The van der Waals surface area contributed by atoms with Crippen LogP contribution >= 0.6 is 15.9 Å². The summed E-state index contributed by atoms with van der Waals surface area (Å²) in [5, 5.41) is 0. The third-order valence-corrected chi connectivity index (χ3v) is 7.94. The molecule has 0 N–H and O–H groups in total. The summed E-state index contributed by atoms with van der Waals surface area (Å²) in [7, 11) is 6.16. The number of alkyl halides is 3. The second kappa shape index (κ2) is 9.69. The Hall–Kier alpha value is -3.79. The molecule has 6 rings (SSSR count). The van der Waals surface area contributed by atoms with Gasteiger partial charge in [-0.05, 0) is 60.0 Å². The first-order chi connectivity index (χ1) is 19.2. The summed E-state index contributed by atoms with van der Waals surface area (Å²) in [6.45, 7) is 0.326. The Morgan fingerprint density at radius 3 is 2.15 bits per heavy atom. The lowest BCUT2D eigenvalue weighted by Gasteiger charge is -2.31. The summed E-state index contributed by atoms with van der Waals surface area (Å²) in [5.41, 5.74) is 4.78. The van der Waals surface area contributed by atoms with Gasteiger partial charge >= 0.3 is 6.18 Å². The minimum absolute atomic E-state index is 0.0679. The first kappa shape index (κ1) is 26.4. The molecule has 0 spiro atoms. The summed E-state index contributed by atoms with van der Waals surface area (Å²) >= 11 is 3.50. The van der Waals surface area contributed by atoms with Gasteiger partial charge in [-0.1, -0.05) is 22.0 Å². The van der Waals surface area contributed by atoms with Crippen molar-refractivity contribution in [3.05, 3.63) is 64.3 Å². The van der Waals surface area contributed by atoms with Crippen molar-refractivity contribution in [1.29, 1.82) is 0 Å². The number of nitrogens with zero attached hydrogens (tertiary/aromatic N) is 1. The molecule has 1 aromatic heterocycles. The zero-order valence-corrected chi connectivity index (χ0v) is 23.7. The largest absolute Gasteiger partial charge is 0.493 e. The normalized spacial score (nSPS) is 15.2. The number of methoxy groups -OCH3 is 4. The number of benzene rings is 3. The molecule has 1 unspecified atom stereocenters. The lowest BCUT2D eigenvalue weighted by atomic mass is 9.88. The Kier molecular flexibility index (Phi) is 6.40. The predicted molar refractivity (Wildman–Crippen MR) is 148 cm³/mol. The molecular formula is C30H25BrF3NO5. The van der Waals surface area contributed by atoms with Gasteiger partial charge in [0.25, 0.3) is 0 Å². The van der Waals surface area contributed by atoms with Gasteiger partial charge in [-0.3, -0.25) is 0 Å². The van der Waals surface area contributed by atoms with E-state index in [2.05, 4.69) is 15.9 Å². The van der Waals surface area contributed by atoms with Gasteiger partial charge in [0.05, 0.1) is 39.8 Å². The van der Waals surface area contributed by atoms with Crippen molar-refractivity contribution < 1.29 is 36.9 Å². The molecule has 0 amide bonds. The zero-order valence-electron chi connectivity index (χ0n) is 22.1. The standard InChI is InChI=1S/C30H25BrF3NO5/c1-36-21-7-5-16(12-22(21)37-2)25-26-19-13-17(31)6-8-20(19)40-29(30(32,33)34)28(26)35-10-9-15-11-23(38-3)24(39-4)14-18(15)27(25)35/h5-8,11-14,29H,9-10H2,1-4H3. The van der Waals surface area contributed by atoms with Crippen LogP contribution < -0.4 is 23.7 Å². The van der Waals surface area contributed by atoms with Crippen LogP contribution in [0, 0.1) is 0 Å². The summed E-state index contributed by atoms with van der Waals surface area (Å²) in [5.74, 6) is 2.18. The quantitative estimate of drug-likeness (QED) is 0.229. The van der Waals surface area contributed by atoms with Crippen LogP contribution in [-0.4, -0.2) is 39.2 Å². The van der Waals surface area contributed by atoms with E-state index in [-0.39, 0.29) is 11.4 Å². The second-order valence-corrected chi connectivity index (χ2v) is 10.4. The molecule has 0 saturated carbocycles.